The van der Waals surface area contributed by atoms with Crippen LogP contribution in [0.3, 0.4) is 0 Å². The molecule has 1 heterocycles. The summed E-state index contributed by atoms with van der Waals surface area (Å²) < 4.78 is 0. The number of likely N-dealkylation sites (N-methyl/N-ethyl adjacent to an activating group) is 1. The maximum absolute atomic E-state index is 9.06. The summed E-state index contributed by atoms with van der Waals surface area (Å²) in [6, 6.07) is 2.13. The lowest BCUT2D eigenvalue weighted by Gasteiger charge is -2.25. The van der Waals surface area contributed by atoms with Crippen LogP contribution in [-0.4, -0.2) is 36.3 Å². The fourth-order valence-electron chi connectivity index (χ4n) is 1.30. The smallest absolute Gasteiger partial charge is 0.0632 e. The van der Waals surface area contributed by atoms with Crippen LogP contribution in [0.2, 0.25) is 0 Å². The monoisotopic (exact) mass is 209 g/mol. The van der Waals surface area contributed by atoms with E-state index in [2.05, 4.69) is 10.3 Å². The van der Waals surface area contributed by atoms with Crippen LogP contribution in [0.5, 0.6) is 0 Å². The van der Waals surface area contributed by atoms with Crippen molar-refractivity contribution in [3.63, 3.8) is 0 Å². The Kier molecular flexibility index (Phi) is 4.37. The third-order valence-electron chi connectivity index (χ3n) is 2.44. The second kappa shape index (κ2) is 5.56. The fraction of sp³-hybridized carbons (Fsp3) is 0.545. The van der Waals surface area contributed by atoms with Gasteiger partial charge in [-0.05, 0) is 19.9 Å². The molecule has 0 amide bonds. The van der Waals surface area contributed by atoms with Crippen molar-refractivity contribution in [2.24, 2.45) is 0 Å². The van der Waals surface area contributed by atoms with Crippen molar-refractivity contribution >= 4 is 11.4 Å². The molecule has 1 unspecified atom stereocenters. The van der Waals surface area contributed by atoms with Crippen molar-refractivity contribution in [3.8, 4) is 0 Å². The Bertz CT molecular complexity index is 304. The largest absolute Gasteiger partial charge is 0.394 e. The quantitative estimate of drug-likeness (QED) is 0.768. The van der Waals surface area contributed by atoms with E-state index in [1.54, 1.807) is 12.4 Å². The van der Waals surface area contributed by atoms with E-state index in [4.69, 9.17) is 5.11 Å². The molecule has 0 bridgehead atoms. The van der Waals surface area contributed by atoms with Gasteiger partial charge in [-0.3, -0.25) is 4.98 Å². The van der Waals surface area contributed by atoms with E-state index in [9.17, 15) is 0 Å². The first kappa shape index (κ1) is 11.8. The van der Waals surface area contributed by atoms with Crippen molar-refractivity contribution in [2.45, 2.75) is 19.9 Å². The zero-order valence-corrected chi connectivity index (χ0v) is 9.57. The summed E-state index contributed by atoms with van der Waals surface area (Å²) in [5, 5.41) is 12.3. The minimum atomic E-state index is 0.101. The van der Waals surface area contributed by atoms with E-state index in [0.29, 0.717) is 0 Å². The Labute approximate surface area is 90.9 Å². The lowest BCUT2D eigenvalue weighted by atomic mass is 10.2. The number of nitrogens with zero attached hydrogens (tertiary/aromatic N) is 2. The Morgan fingerprint density at radius 1 is 1.53 bits per heavy atom. The molecule has 0 spiro atoms. The van der Waals surface area contributed by atoms with Gasteiger partial charge in [0.2, 0.25) is 0 Å². The number of pyridine rings is 1. The molecular weight excluding hydrogens is 190 g/mol. The number of hydrogen-bond donors (Lipinski definition) is 2. The van der Waals surface area contributed by atoms with E-state index in [-0.39, 0.29) is 12.6 Å². The molecular formula is C11H19N3O. The van der Waals surface area contributed by atoms with Gasteiger partial charge in [0.15, 0.2) is 0 Å². The SMILES string of the molecule is CCNc1cncc(N(C)C(C)CO)c1. The highest BCUT2D eigenvalue weighted by molar-refractivity contribution is 5.55. The van der Waals surface area contributed by atoms with E-state index >= 15 is 0 Å². The Morgan fingerprint density at radius 2 is 2.27 bits per heavy atom. The molecule has 0 aromatic carbocycles. The highest BCUT2D eigenvalue weighted by Crippen LogP contribution is 2.18. The maximum atomic E-state index is 9.06. The normalized spacial score (nSPS) is 12.3. The van der Waals surface area contributed by atoms with Gasteiger partial charge in [-0.2, -0.15) is 0 Å². The highest BCUT2D eigenvalue weighted by Gasteiger charge is 2.09. The number of aliphatic hydroxyl groups is 1. The van der Waals surface area contributed by atoms with Gasteiger partial charge < -0.3 is 15.3 Å². The van der Waals surface area contributed by atoms with E-state index < -0.39 is 0 Å². The summed E-state index contributed by atoms with van der Waals surface area (Å²) in [6.45, 7) is 5.04. The van der Waals surface area contributed by atoms with Crippen molar-refractivity contribution in [1.82, 2.24) is 4.98 Å². The molecule has 2 N–H and O–H groups in total. The molecule has 0 fully saturated rings. The lowest BCUT2D eigenvalue weighted by Crippen LogP contribution is -2.31. The van der Waals surface area contributed by atoms with Gasteiger partial charge in [-0.25, -0.2) is 0 Å². The molecule has 1 rings (SSSR count). The van der Waals surface area contributed by atoms with Crippen molar-refractivity contribution in [2.75, 3.05) is 30.4 Å². The second-order valence-electron chi connectivity index (χ2n) is 3.60. The molecule has 15 heavy (non-hydrogen) atoms. The zero-order chi connectivity index (χ0) is 11.3. The Morgan fingerprint density at radius 3 is 2.87 bits per heavy atom. The number of rotatable bonds is 5. The molecule has 4 heteroatoms. The zero-order valence-electron chi connectivity index (χ0n) is 9.57. The molecule has 1 aromatic heterocycles. The summed E-state index contributed by atoms with van der Waals surface area (Å²) in [7, 11) is 1.95. The van der Waals surface area contributed by atoms with Crippen LogP contribution in [-0.2, 0) is 0 Å². The molecule has 0 radical (unpaired) electrons. The van der Waals surface area contributed by atoms with Gasteiger partial charge in [-0.1, -0.05) is 0 Å². The first-order valence-electron chi connectivity index (χ1n) is 5.21. The number of nitrogens with one attached hydrogen (secondary N) is 1. The van der Waals surface area contributed by atoms with Gasteiger partial charge in [0.05, 0.1) is 30.4 Å². The highest BCUT2D eigenvalue weighted by atomic mass is 16.3. The third-order valence-corrected chi connectivity index (χ3v) is 2.44. The van der Waals surface area contributed by atoms with Crippen LogP contribution in [0.1, 0.15) is 13.8 Å². The van der Waals surface area contributed by atoms with E-state index in [1.165, 1.54) is 0 Å². The maximum Gasteiger partial charge on any atom is 0.0632 e. The van der Waals surface area contributed by atoms with Gasteiger partial charge in [0.25, 0.3) is 0 Å². The summed E-state index contributed by atoms with van der Waals surface area (Å²) in [5.74, 6) is 0. The van der Waals surface area contributed by atoms with Crippen molar-refractivity contribution in [1.29, 1.82) is 0 Å². The predicted molar refractivity (Wildman–Crippen MR) is 63.4 cm³/mol. The standard InChI is InChI=1S/C11H19N3O/c1-4-13-10-5-11(7-12-6-10)14(3)9(2)8-15/h5-7,9,13,15H,4,8H2,1-3H3. The fourth-order valence-corrected chi connectivity index (χ4v) is 1.30. The van der Waals surface area contributed by atoms with Crippen LogP contribution in [0.15, 0.2) is 18.5 Å². The number of aliphatic hydroxyl groups excluding tert-OH is 1. The summed E-state index contributed by atoms with van der Waals surface area (Å²) in [4.78, 5) is 6.16. The van der Waals surface area contributed by atoms with E-state index in [0.717, 1.165) is 17.9 Å². The van der Waals surface area contributed by atoms with Crippen LogP contribution in [0.4, 0.5) is 11.4 Å². The molecule has 0 aliphatic rings. The molecule has 4 nitrogen and oxygen atoms in total. The molecule has 0 saturated carbocycles. The first-order valence-corrected chi connectivity index (χ1v) is 5.21. The number of hydrogen-bond acceptors (Lipinski definition) is 4. The first-order chi connectivity index (χ1) is 7.19. The van der Waals surface area contributed by atoms with Crippen molar-refractivity contribution in [3.05, 3.63) is 18.5 Å². The lowest BCUT2D eigenvalue weighted by molar-refractivity contribution is 0.270. The summed E-state index contributed by atoms with van der Waals surface area (Å²) in [6.07, 6.45) is 3.59. The van der Waals surface area contributed by atoms with Crippen molar-refractivity contribution < 1.29 is 5.11 Å². The number of anilines is 2. The Balaban J connectivity index is 2.80. The molecule has 0 saturated heterocycles. The Hall–Kier alpha value is -1.29. The van der Waals surface area contributed by atoms with Gasteiger partial charge >= 0.3 is 0 Å². The van der Waals surface area contributed by atoms with Crippen LogP contribution >= 0.6 is 0 Å². The molecule has 0 aliphatic carbocycles. The average molecular weight is 209 g/mol. The van der Waals surface area contributed by atoms with Crippen LogP contribution in [0, 0.1) is 0 Å². The topological polar surface area (TPSA) is 48.4 Å². The van der Waals surface area contributed by atoms with Gasteiger partial charge in [0.1, 0.15) is 0 Å². The minimum Gasteiger partial charge on any atom is -0.394 e. The number of aromatic nitrogens is 1. The van der Waals surface area contributed by atoms with E-state index in [1.807, 2.05) is 31.9 Å². The third kappa shape index (κ3) is 3.09. The minimum absolute atomic E-state index is 0.101. The molecule has 0 aliphatic heterocycles. The van der Waals surface area contributed by atoms with Crippen LogP contribution < -0.4 is 10.2 Å². The van der Waals surface area contributed by atoms with Gasteiger partial charge in [0, 0.05) is 19.6 Å². The summed E-state index contributed by atoms with van der Waals surface area (Å²) >= 11 is 0. The average Bonchev–Trinajstić information content (AvgIpc) is 2.28. The van der Waals surface area contributed by atoms with Gasteiger partial charge in [-0.15, -0.1) is 0 Å². The van der Waals surface area contributed by atoms with Crippen LogP contribution in [0.25, 0.3) is 0 Å². The molecule has 1 aromatic rings. The second-order valence-corrected chi connectivity index (χ2v) is 3.60. The predicted octanol–water partition coefficient (Wildman–Crippen LogP) is 1.33. The summed E-state index contributed by atoms with van der Waals surface area (Å²) in [5.41, 5.74) is 2.02. The molecule has 84 valence electrons. The molecule has 1 atom stereocenters.